The zero-order chi connectivity index (χ0) is 20.4. The molecule has 2 amide bonds. The second-order valence-corrected chi connectivity index (χ2v) is 6.85. The highest BCUT2D eigenvalue weighted by Gasteiger charge is 2.20. The molecule has 0 aliphatic carbocycles. The minimum atomic E-state index is -0.110. The Morgan fingerprint density at radius 3 is 2.39 bits per heavy atom. The molecule has 2 rings (SSSR count). The molecule has 0 radical (unpaired) electrons. The Bertz CT molecular complexity index is 742. The molecule has 2 aromatic rings. The molecular formula is C22H30N2O4. The molecule has 0 fully saturated rings. The Hall–Kier alpha value is -2.60. The van der Waals surface area contributed by atoms with E-state index >= 15 is 0 Å². The van der Waals surface area contributed by atoms with Gasteiger partial charge >= 0.3 is 0 Å². The summed E-state index contributed by atoms with van der Waals surface area (Å²) in [5.74, 6) is 1.36. The van der Waals surface area contributed by atoms with Crippen molar-refractivity contribution in [2.75, 3.05) is 33.4 Å². The number of carbonyl (C=O) groups excluding carboxylic acids is 2. The Balaban J connectivity index is 2.04. The summed E-state index contributed by atoms with van der Waals surface area (Å²) in [5, 5.41) is 0. The molecule has 6 heteroatoms. The lowest BCUT2D eigenvalue weighted by molar-refractivity contribution is -0.140. The van der Waals surface area contributed by atoms with Crippen molar-refractivity contribution in [3.05, 3.63) is 59.5 Å². The average molecular weight is 386 g/mol. The molecule has 0 aliphatic rings. The summed E-state index contributed by atoms with van der Waals surface area (Å²) in [5.41, 5.74) is 1.17. The molecule has 28 heavy (non-hydrogen) atoms. The zero-order valence-corrected chi connectivity index (χ0v) is 17.0. The van der Waals surface area contributed by atoms with Crippen LogP contribution in [0.1, 0.15) is 30.4 Å². The van der Waals surface area contributed by atoms with Crippen LogP contribution in [0.3, 0.4) is 0 Å². The summed E-state index contributed by atoms with van der Waals surface area (Å²) in [6.45, 7) is 5.45. The van der Waals surface area contributed by atoms with Gasteiger partial charge in [0.05, 0.1) is 13.1 Å². The quantitative estimate of drug-likeness (QED) is 0.557. The summed E-state index contributed by atoms with van der Waals surface area (Å²) in [6, 6.07) is 13.8. The van der Waals surface area contributed by atoms with E-state index in [1.54, 1.807) is 16.9 Å². The van der Waals surface area contributed by atoms with Gasteiger partial charge in [-0.1, -0.05) is 30.3 Å². The molecule has 0 aliphatic heterocycles. The lowest BCUT2D eigenvalue weighted by Crippen LogP contribution is -2.43. The Labute approximate surface area is 167 Å². The first-order chi connectivity index (χ1) is 13.5. The number of furan rings is 1. The largest absolute Gasteiger partial charge is 0.464 e. The molecule has 1 heterocycles. The summed E-state index contributed by atoms with van der Waals surface area (Å²) in [4.78, 5) is 28.3. The standard InChI is InChI=1S/C22H30N2O4/c1-18-10-11-21(28-18)16-24(14-12-20-8-5-4-6-9-20)22(26)17-23(19(2)25)13-7-15-27-3/h4-6,8-11H,7,12-17H2,1-3H3. The summed E-state index contributed by atoms with van der Waals surface area (Å²) < 4.78 is 10.7. The molecule has 0 N–H and O–H groups in total. The molecule has 0 unspecified atom stereocenters. The molecule has 0 saturated carbocycles. The zero-order valence-electron chi connectivity index (χ0n) is 17.0. The van der Waals surface area contributed by atoms with Crippen molar-refractivity contribution >= 4 is 11.8 Å². The van der Waals surface area contributed by atoms with Crippen molar-refractivity contribution in [3.63, 3.8) is 0 Å². The van der Waals surface area contributed by atoms with Crippen LogP contribution >= 0.6 is 0 Å². The van der Waals surface area contributed by atoms with Crippen LogP contribution in [0.5, 0.6) is 0 Å². The van der Waals surface area contributed by atoms with Gasteiger partial charge in [0, 0.05) is 33.7 Å². The summed E-state index contributed by atoms with van der Waals surface area (Å²) >= 11 is 0. The Morgan fingerprint density at radius 1 is 1.04 bits per heavy atom. The molecule has 0 saturated heterocycles. The van der Waals surface area contributed by atoms with Gasteiger partial charge in [-0.15, -0.1) is 0 Å². The minimum Gasteiger partial charge on any atom is -0.464 e. The van der Waals surface area contributed by atoms with Gasteiger partial charge in [-0.05, 0) is 37.5 Å². The summed E-state index contributed by atoms with van der Waals surface area (Å²) in [6.07, 6.45) is 1.45. The molecule has 0 atom stereocenters. The van der Waals surface area contributed by atoms with Gasteiger partial charge in [-0.25, -0.2) is 0 Å². The minimum absolute atomic E-state index is 0.0630. The van der Waals surface area contributed by atoms with E-state index in [-0.39, 0.29) is 18.4 Å². The van der Waals surface area contributed by atoms with Crippen LogP contribution in [-0.2, 0) is 27.3 Å². The van der Waals surface area contributed by atoms with Crippen LogP contribution in [0.25, 0.3) is 0 Å². The van der Waals surface area contributed by atoms with Gasteiger partial charge in [-0.2, -0.15) is 0 Å². The fourth-order valence-corrected chi connectivity index (χ4v) is 2.97. The normalized spacial score (nSPS) is 10.7. The number of aryl methyl sites for hydroxylation is 1. The fourth-order valence-electron chi connectivity index (χ4n) is 2.97. The number of rotatable bonds is 11. The van der Waals surface area contributed by atoms with Crippen LogP contribution in [0.4, 0.5) is 0 Å². The van der Waals surface area contributed by atoms with Gasteiger partial charge in [0.2, 0.25) is 11.8 Å². The van der Waals surface area contributed by atoms with Crippen molar-refractivity contribution < 1.29 is 18.7 Å². The molecule has 6 nitrogen and oxygen atoms in total. The second-order valence-electron chi connectivity index (χ2n) is 6.85. The first-order valence-electron chi connectivity index (χ1n) is 9.61. The van der Waals surface area contributed by atoms with Gasteiger partial charge in [-0.3, -0.25) is 9.59 Å². The third-order valence-corrected chi connectivity index (χ3v) is 4.56. The monoisotopic (exact) mass is 386 g/mol. The van der Waals surface area contributed by atoms with Crippen molar-refractivity contribution in [2.24, 2.45) is 0 Å². The molecule has 152 valence electrons. The first-order valence-corrected chi connectivity index (χ1v) is 9.61. The molecule has 0 spiro atoms. The van der Waals surface area contributed by atoms with Crippen LogP contribution < -0.4 is 0 Å². The van der Waals surface area contributed by atoms with Crippen molar-refractivity contribution in [1.29, 1.82) is 0 Å². The van der Waals surface area contributed by atoms with Crippen LogP contribution in [0, 0.1) is 6.92 Å². The number of methoxy groups -OCH3 is 1. The Kier molecular flexibility index (Phi) is 8.75. The molecule has 1 aromatic heterocycles. The van der Waals surface area contributed by atoms with Crippen molar-refractivity contribution in [3.8, 4) is 0 Å². The van der Waals surface area contributed by atoms with Crippen LogP contribution in [0.15, 0.2) is 46.9 Å². The second kappa shape index (κ2) is 11.3. The predicted octanol–water partition coefficient (Wildman–Crippen LogP) is 3.04. The van der Waals surface area contributed by atoms with Gasteiger partial charge in [0.15, 0.2) is 0 Å². The lowest BCUT2D eigenvalue weighted by atomic mass is 10.1. The first kappa shape index (κ1) is 21.7. The van der Waals surface area contributed by atoms with Crippen molar-refractivity contribution in [2.45, 2.75) is 33.2 Å². The van der Waals surface area contributed by atoms with E-state index < -0.39 is 0 Å². The number of hydrogen-bond acceptors (Lipinski definition) is 4. The van der Waals surface area contributed by atoms with E-state index in [4.69, 9.17) is 9.15 Å². The highest BCUT2D eigenvalue weighted by molar-refractivity contribution is 5.83. The number of amides is 2. The van der Waals surface area contributed by atoms with Gasteiger partial charge in [0.1, 0.15) is 11.5 Å². The highest BCUT2D eigenvalue weighted by Crippen LogP contribution is 2.12. The van der Waals surface area contributed by atoms with Gasteiger partial charge in [0.25, 0.3) is 0 Å². The van der Waals surface area contributed by atoms with E-state index in [0.29, 0.717) is 32.7 Å². The van der Waals surface area contributed by atoms with Crippen LogP contribution in [0.2, 0.25) is 0 Å². The van der Waals surface area contributed by atoms with E-state index in [0.717, 1.165) is 17.9 Å². The Morgan fingerprint density at radius 2 is 1.79 bits per heavy atom. The maximum Gasteiger partial charge on any atom is 0.242 e. The lowest BCUT2D eigenvalue weighted by Gasteiger charge is -2.26. The number of ether oxygens (including phenoxy) is 1. The average Bonchev–Trinajstić information content (AvgIpc) is 3.09. The number of hydrogen-bond donors (Lipinski definition) is 0. The number of nitrogens with zero attached hydrogens (tertiary/aromatic N) is 2. The van der Waals surface area contributed by atoms with E-state index in [1.807, 2.05) is 49.4 Å². The molecule has 1 aromatic carbocycles. The number of benzene rings is 1. The fraction of sp³-hybridized carbons (Fsp3) is 0.455. The summed E-state index contributed by atoms with van der Waals surface area (Å²) in [7, 11) is 1.62. The van der Waals surface area contributed by atoms with Crippen LogP contribution in [-0.4, -0.2) is 55.0 Å². The third-order valence-electron chi connectivity index (χ3n) is 4.56. The van der Waals surface area contributed by atoms with E-state index in [2.05, 4.69) is 0 Å². The van der Waals surface area contributed by atoms with Gasteiger partial charge < -0.3 is 19.0 Å². The topological polar surface area (TPSA) is 63.0 Å². The van der Waals surface area contributed by atoms with E-state index in [9.17, 15) is 9.59 Å². The smallest absolute Gasteiger partial charge is 0.242 e. The molecule has 0 bridgehead atoms. The third kappa shape index (κ3) is 7.19. The maximum atomic E-state index is 13.0. The predicted molar refractivity (Wildman–Crippen MR) is 108 cm³/mol. The highest BCUT2D eigenvalue weighted by atomic mass is 16.5. The maximum absolute atomic E-state index is 13.0. The van der Waals surface area contributed by atoms with E-state index in [1.165, 1.54) is 12.5 Å². The molecular weight excluding hydrogens is 356 g/mol. The van der Waals surface area contributed by atoms with Crippen molar-refractivity contribution in [1.82, 2.24) is 9.80 Å². The SMILES string of the molecule is COCCCN(CC(=O)N(CCc1ccccc1)Cc1ccc(C)o1)C(C)=O. The number of carbonyl (C=O) groups is 2.